The molecule has 0 radical (unpaired) electrons. The first-order valence-corrected chi connectivity index (χ1v) is 8.28. The molecule has 1 saturated heterocycles. The topological polar surface area (TPSA) is 129 Å². The van der Waals surface area contributed by atoms with E-state index in [1.165, 1.54) is 12.3 Å². The number of carboxylic acid groups (broad SMARTS) is 1. The number of aromatic nitrogens is 3. The summed E-state index contributed by atoms with van der Waals surface area (Å²) in [6.07, 6.45) is 4.01. The summed E-state index contributed by atoms with van der Waals surface area (Å²) in [5.41, 5.74) is 1.37. The number of pyridine rings is 1. The third kappa shape index (κ3) is 3.13. The number of amides is 1. The van der Waals surface area contributed by atoms with Crippen molar-refractivity contribution in [1.29, 1.82) is 0 Å². The van der Waals surface area contributed by atoms with E-state index in [1.807, 2.05) is 11.0 Å². The van der Waals surface area contributed by atoms with Crippen molar-refractivity contribution in [3.05, 3.63) is 52.2 Å². The molecule has 0 spiro atoms. The molecule has 0 aliphatic carbocycles. The number of likely N-dealkylation sites (tertiary alicyclic amines) is 1. The van der Waals surface area contributed by atoms with Gasteiger partial charge < -0.3 is 19.7 Å². The van der Waals surface area contributed by atoms with Crippen LogP contribution >= 0.6 is 0 Å². The lowest BCUT2D eigenvalue weighted by Crippen LogP contribution is -2.51. The number of aliphatic hydroxyl groups is 1. The minimum Gasteiger partial charge on any atom is -0.483 e. The van der Waals surface area contributed by atoms with E-state index in [0.29, 0.717) is 18.7 Å². The molecule has 2 aromatic rings. The number of carbonyl (C=O) groups is 2. The van der Waals surface area contributed by atoms with E-state index in [9.17, 15) is 14.7 Å². The van der Waals surface area contributed by atoms with Crippen molar-refractivity contribution in [1.82, 2.24) is 19.7 Å². The number of nitrogens with zero attached hydrogens (tertiary/aromatic N) is 3. The number of rotatable bonds is 2. The zero-order valence-corrected chi connectivity index (χ0v) is 14.0. The number of carbonyl (C=O) groups excluding carboxylic acids is 1. The van der Waals surface area contributed by atoms with Crippen molar-refractivity contribution >= 4 is 12.4 Å². The Kier molecular flexibility index (Phi) is 5.17. The van der Waals surface area contributed by atoms with Gasteiger partial charge in [-0.1, -0.05) is 6.07 Å². The molecule has 2 aliphatic rings. The normalized spacial score (nSPS) is 23.4. The molecule has 3 N–H and O–H groups in total. The third-order valence-corrected chi connectivity index (χ3v) is 5.02. The molecule has 4 heterocycles. The van der Waals surface area contributed by atoms with Crippen molar-refractivity contribution in [3.8, 4) is 0 Å². The van der Waals surface area contributed by atoms with Gasteiger partial charge in [0.1, 0.15) is 0 Å². The molecule has 0 aromatic carbocycles. The Bertz CT molecular complexity index is 832. The second-order valence-electron chi connectivity index (χ2n) is 6.40. The van der Waals surface area contributed by atoms with Crippen LogP contribution in [0.3, 0.4) is 0 Å². The number of hydrogen-bond acceptors (Lipinski definition) is 5. The summed E-state index contributed by atoms with van der Waals surface area (Å²) >= 11 is 0. The van der Waals surface area contributed by atoms with Crippen LogP contribution in [0.2, 0.25) is 0 Å². The van der Waals surface area contributed by atoms with E-state index in [1.54, 1.807) is 16.8 Å². The Morgan fingerprint density at radius 1 is 1.38 bits per heavy atom. The van der Waals surface area contributed by atoms with Crippen molar-refractivity contribution in [3.63, 3.8) is 0 Å². The van der Waals surface area contributed by atoms with Gasteiger partial charge in [0, 0.05) is 42.9 Å². The first kappa shape index (κ1) is 17.9. The highest BCUT2D eigenvalue weighted by molar-refractivity contribution is 5.93. The molecule has 9 heteroatoms. The maximum absolute atomic E-state index is 12.6. The Balaban J connectivity index is 0.000000613. The van der Waals surface area contributed by atoms with Crippen molar-refractivity contribution in [2.24, 2.45) is 5.92 Å². The van der Waals surface area contributed by atoms with Crippen molar-refractivity contribution < 1.29 is 19.8 Å². The summed E-state index contributed by atoms with van der Waals surface area (Å²) in [6.45, 7) is 0.788. The SMILES string of the molecule is O=C(c1cn[nH]c1)N1C[C@H]2C[C@@H](C1)[C@H](CO)n1c2cccc1=O.O=CO. The lowest BCUT2D eigenvalue weighted by molar-refractivity contribution is -0.122. The lowest BCUT2D eigenvalue weighted by Gasteiger charge is -2.46. The van der Waals surface area contributed by atoms with Crippen molar-refractivity contribution in [2.45, 2.75) is 18.4 Å². The highest BCUT2D eigenvalue weighted by atomic mass is 16.3. The molecule has 2 aliphatic heterocycles. The molecule has 2 bridgehead atoms. The molecule has 0 saturated carbocycles. The van der Waals surface area contributed by atoms with Gasteiger partial charge in [0.2, 0.25) is 0 Å². The quantitative estimate of drug-likeness (QED) is 0.650. The number of aromatic amines is 1. The Morgan fingerprint density at radius 3 is 2.81 bits per heavy atom. The van der Waals surface area contributed by atoms with E-state index >= 15 is 0 Å². The smallest absolute Gasteiger partial charge is 0.290 e. The number of H-pyrrole nitrogens is 1. The fourth-order valence-electron chi connectivity index (χ4n) is 3.99. The molecule has 1 amide bonds. The number of aliphatic hydroxyl groups excluding tert-OH is 1. The summed E-state index contributed by atoms with van der Waals surface area (Å²) < 4.78 is 1.72. The van der Waals surface area contributed by atoms with Crippen LogP contribution in [0.4, 0.5) is 0 Å². The molecule has 2 aromatic heterocycles. The molecule has 26 heavy (non-hydrogen) atoms. The zero-order valence-electron chi connectivity index (χ0n) is 14.0. The van der Waals surface area contributed by atoms with Crippen LogP contribution in [0.25, 0.3) is 0 Å². The van der Waals surface area contributed by atoms with Gasteiger partial charge in [-0.05, 0) is 12.5 Å². The molecule has 1 fully saturated rings. The van der Waals surface area contributed by atoms with E-state index in [4.69, 9.17) is 9.90 Å². The summed E-state index contributed by atoms with van der Waals surface area (Å²) in [6, 6.07) is 4.94. The molecule has 4 rings (SSSR count). The van der Waals surface area contributed by atoms with E-state index in [0.717, 1.165) is 12.1 Å². The fraction of sp³-hybridized carbons (Fsp3) is 0.412. The van der Waals surface area contributed by atoms with Gasteiger partial charge in [-0.15, -0.1) is 0 Å². The van der Waals surface area contributed by atoms with E-state index in [2.05, 4.69) is 10.2 Å². The van der Waals surface area contributed by atoms with Gasteiger partial charge in [-0.3, -0.25) is 19.5 Å². The number of hydrogen-bond donors (Lipinski definition) is 3. The van der Waals surface area contributed by atoms with E-state index < -0.39 is 0 Å². The summed E-state index contributed by atoms with van der Waals surface area (Å²) in [7, 11) is 0. The second kappa shape index (κ2) is 7.52. The standard InChI is InChI=1S/C16H18N4O3.CH2O2/c21-9-14-11-4-10(13-2-1-3-15(22)20(13)14)7-19(8-11)16(23)12-5-17-18-6-12;2-1-3/h1-3,5-6,10-11,14,21H,4,7-9H2,(H,17,18);1H,(H,2,3)/t10-,11+,14+;/m1./s1. The average molecular weight is 360 g/mol. The largest absolute Gasteiger partial charge is 0.483 e. The maximum atomic E-state index is 12.6. The summed E-state index contributed by atoms with van der Waals surface area (Å²) in [5, 5.41) is 23.2. The predicted molar refractivity (Wildman–Crippen MR) is 90.9 cm³/mol. The van der Waals surface area contributed by atoms with Gasteiger partial charge in [0.15, 0.2) is 0 Å². The minimum atomic E-state index is -0.269. The highest BCUT2D eigenvalue weighted by Gasteiger charge is 2.41. The van der Waals surface area contributed by atoms with E-state index in [-0.39, 0.29) is 42.4 Å². The molecular weight excluding hydrogens is 340 g/mol. The van der Waals surface area contributed by atoms with Crippen molar-refractivity contribution in [2.75, 3.05) is 19.7 Å². The molecular formula is C17H20N4O5. The first-order valence-electron chi connectivity index (χ1n) is 8.28. The van der Waals surface area contributed by atoms with Crippen LogP contribution in [-0.4, -0.2) is 62.0 Å². The van der Waals surface area contributed by atoms with Crippen LogP contribution < -0.4 is 5.56 Å². The van der Waals surface area contributed by atoms with Gasteiger partial charge in [0.05, 0.1) is 24.4 Å². The Morgan fingerprint density at radius 2 is 2.15 bits per heavy atom. The zero-order chi connectivity index (χ0) is 18.7. The van der Waals surface area contributed by atoms with Gasteiger partial charge in [0.25, 0.3) is 17.9 Å². The third-order valence-electron chi connectivity index (χ3n) is 5.02. The molecule has 0 unspecified atom stereocenters. The van der Waals surface area contributed by atoms with Gasteiger partial charge >= 0.3 is 0 Å². The highest BCUT2D eigenvalue weighted by Crippen LogP contribution is 2.41. The number of piperidine rings is 1. The Hall–Kier alpha value is -2.94. The molecule has 3 atom stereocenters. The van der Waals surface area contributed by atoms with Crippen LogP contribution in [0, 0.1) is 5.92 Å². The number of fused-ring (bicyclic) bond motifs is 4. The summed E-state index contributed by atoms with van der Waals surface area (Å²) in [4.78, 5) is 35.0. The summed E-state index contributed by atoms with van der Waals surface area (Å²) in [5.74, 6) is 0.153. The lowest BCUT2D eigenvalue weighted by atomic mass is 9.78. The van der Waals surface area contributed by atoms with Crippen LogP contribution in [0.1, 0.15) is 34.4 Å². The maximum Gasteiger partial charge on any atom is 0.290 e. The number of nitrogens with one attached hydrogen (secondary N) is 1. The van der Waals surface area contributed by atoms with Gasteiger partial charge in [-0.2, -0.15) is 5.10 Å². The molecule has 9 nitrogen and oxygen atoms in total. The minimum absolute atomic E-state index is 0.0585. The first-order chi connectivity index (χ1) is 12.6. The van der Waals surface area contributed by atoms with Crippen LogP contribution in [-0.2, 0) is 4.79 Å². The Labute approximate surface area is 148 Å². The monoisotopic (exact) mass is 360 g/mol. The van der Waals surface area contributed by atoms with Crippen LogP contribution in [0.15, 0.2) is 35.4 Å². The average Bonchev–Trinajstić information content (AvgIpc) is 3.17. The molecule has 138 valence electrons. The second-order valence-corrected chi connectivity index (χ2v) is 6.40. The van der Waals surface area contributed by atoms with Gasteiger partial charge in [-0.25, -0.2) is 0 Å². The predicted octanol–water partition coefficient (Wildman–Crippen LogP) is 0.0651. The van der Waals surface area contributed by atoms with Crippen LogP contribution in [0.5, 0.6) is 0 Å². The fourth-order valence-corrected chi connectivity index (χ4v) is 3.99.